The molecule has 6 nitrogen and oxygen atoms in total. The van der Waals surface area contributed by atoms with Crippen LogP contribution in [0, 0.1) is 18.7 Å². The van der Waals surface area contributed by atoms with Crippen LogP contribution in [0.2, 0.25) is 0 Å². The van der Waals surface area contributed by atoms with Crippen LogP contribution in [0.25, 0.3) is 0 Å². The second-order valence-corrected chi connectivity index (χ2v) is 5.00. The number of halogens is 1. The number of methoxy groups -OCH3 is 1. The van der Waals surface area contributed by atoms with Gasteiger partial charge >= 0.3 is 12.0 Å². The predicted octanol–water partition coefficient (Wildman–Crippen LogP) is 2.08. The van der Waals surface area contributed by atoms with Gasteiger partial charge in [-0.3, -0.25) is 4.79 Å². The zero-order valence-corrected chi connectivity index (χ0v) is 11.9. The summed E-state index contributed by atoms with van der Waals surface area (Å²) in [7, 11) is 1.37. The smallest absolute Gasteiger partial charge is 0.321 e. The monoisotopic (exact) mass is 296 g/mol. The lowest BCUT2D eigenvalue weighted by Crippen LogP contribution is -2.34. The number of nitrogens with one attached hydrogen (secondary N) is 1. The Morgan fingerprint density at radius 3 is 2.76 bits per heavy atom. The van der Waals surface area contributed by atoms with E-state index in [9.17, 15) is 14.0 Å². The van der Waals surface area contributed by atoms with E-state index in [1.54, 1.807) is 6.92 Å². The molecule has 21 heavy (non-hydrogen) atoms. The zero-order chi connectivity index (χ0) is 15.6. The molecule has 0 bridgehead atoms. The summed E-state index contributed by atoms with van der Waals surface area (Å²) in [5, 5.41) is 11.5. The second kappa shape index (κ2) is 5.99. The average Bonchev–Trinajstić information content (AvgIpc) is 2.92. The summed E-state index contributed by atoms with van der Waals surface area (Å²) in [6.45, 7) is 2.26. The first kappa shape index (κ1) is 15.1. The number of ether oxygens (including phenoxy) is 1. The largest absolute Gasteiger partial charge is 0.494 e. The molecule has 1 aliphatic heterocycles. The molecule has 0 unspecified atom stereocenters. The van der Waals surface area contributed by atoms with E-state index in [2.05, 4.69) is 5.32 Å². The first-order chi connectivity index (χ1) is 9.92. The van der Waals surface area contributed by atoms with Crippen molar-refractivity contribution in [1.29, 1.82) is 0 Å². The molecule has 114 valence electrons. The van der Waals surface area contributed by atoms with Gasteiger partial charge in [-0.2, -0.15) is 0 Å². The molecular weight excluding hydrogens is 279 g/mol. The van der Waals surface area contributed by atoms with Crippen molar-refractivity contribution in [1.82, 2.24) is 4.90 Å². The van der Waals surface area contributed by atoms with Crippen molar-refractivity contribution in [3.63, 3.8) is 0 Å². The zero-order valence-electron chi connectivity index (χ0n) is 11.9. The molecule has 1 saturated heterocycles. The van der Waals surface area contributed by atoms with Gasteiger partial charge in [-0.1, -0.05) is 0 Å². The number of hydrogen-bond donors (Lipinski definition) is 2. The fourth-order valence-electron chi connectivity index (χ4n) is 2.29. The van der Waals surface area contributed by atoms with Crippen LogP contribution in [-0.4, -0.2) is 42.2 Å². The van der Waals surface area contributed by atoms with Gasteiger partial charge in [-0.15, -0.1) is 0 Å². The fourth-order valence-corrected chi connectivity index (χ4v) is 2.29. The summed E-state index contributed by atoms with van der Waals surface area (Å²) in [6.07, 6.45) is 0.429. The number of nitrogens with zero attached hydrogens (tertiary/aromatic N) is 1. The van der Waals surface area contributed by atoms with E-state index in [1.807, 2.05) is 0 Å². The number of aliphatic carboxylic acids is 1. The van der Waals surface area contributed by atoms with Crippen LogP contribution < -0.4 is 10.1 Å². The number of hydrogen-bond acceptors (Lipinski definition) is 3. The Balaban J connectivity index is 2.07. The van der Waals surface area contributed by atoms with Crippen molar-refractivity contribution in [3.8, 4) is 5.75 Å². The molecule has 1 heterocycles. The van der Waals surface area contributed by atoms with Crippen molar-refractivity contribution in [2.24, 2.45) is 5.92 Å². The lowest BCUT2D eigenvalue weighted by molar-refractivity contribution is -0.141. The number of carbonyl (C=O) groups excluding carboxylic acids is 1. The summed E-state index contributed by atoms with van der Waals surface area (Å²) in [5.74, 6) is -1.90. The third-order valence-electron chi connectivity index (χ3n) is 3.57. The number of likely N-dealkylation sites (tertiary alicyclic amines) is 1. The number of rotatable bonds is 3. The highest BCUT2D eigenvalue weighted by molar-refractivity contribution is 5.91. The molecule has 0 saturated carbocycles. The Morgan fingerprint density at radius 2 is 2.19 bits per heavy atom. The highest BCUT2D eigenvalue weighted by Gasteiger charge is 2.31. The molecule has 1 aliphatic rings. The normalized spacial score (nSPS) is 17.7. The van der Waals surface area contributed by atoms with Gasteiger partial charge in [0.1, 0.15) is 0 Å². The van der Waals surface area contributed by atoms with Crippen molar-refractivity contribution in [3.05, 3.63) is 23.5 Å². The number of benzene rings is 1. The third-order valence-corrected chi connectivity index (χ3v) is 3.57. The first-order valence-electron chi connectivity index (χ1n) is 6.55. The molecule has 0 spiro atoms. The van der Waals surface area contributed by atoms with Crippen molar-refractivity contribution in [2.75, 3.05) is 25.5 Å². The summed E-state index contributed by atoms with van der Waals surface area (Å²) in [6, 6.07) is 2.26. The number of carboxylic acid groups (broad SMARTS) is 1. The second-order valence-electron chi connectivity index (χ2n) is 5.00. The highest BCUT2D eigenvalue weighted by Crippen LogP contribution is 2.26. The van der Waals surface area contributed by atoms with E-state index in [-0.39, 0.29) is 12.3 Å². The van der Waals surface area contributed by atoms with Gasteiger partial charge in [0.25, 0.3) is 0 Å². The Labute approximate surface area is 121 Å². The summed E-state index contributed by atoms with van der Waals surface area (Å²) in [4.78, 5) is 24.4. The molecular formula is C14H17FN2O4. The van der Waals surface area contributed by atoms with Crippen LogP contribution >= 0.6 is 0 Å². The Bertz CT molecular complexity index is 576. The average molecular weight is 296 g/mol. The van der Waals surface area contributed by atoms with Gasteiger partial charge in [0.2, 0.25) is 0 Å². The van der Waals surface area contributed by atoms with Crippen LogP contribution in [0.15, 0.2) is 12.1 Å². The first-order valence-corrected chi connectivity index (χ1v) is 6.55. The maximum Gasteiger partial charge on any atom is 0.321 e. The van der Waals surface area contributed by atoms with E-state index in [0.29, 0.717) is 24.2 Å². The molecule has 0 aliphatic carbocycles. The minimum atomic E-state index is -0.906. The highest BCUT2D eigenvalue weighted by atomic mass is 19.1. The van der Waals surface area contributed by atoms with Crippen LogP contribution in [0.1, 0.15) is 12.0 Å². The van der Waals surface area contributed by atoms with Crippen LogP contribution in [-0.2, 0) is 4.79 Å². The van der Waals surface area contributed by atoms with Crippen molar-refractivity contribution >= 4 is 17.7 Å². The fraction of sp³-hybridized carbons (Fsp3) is 0.429. The van der Waals surface area contributed by atoms with Gasteiger partial charge in [0.05, 0.1) is 13.0 Å². The van der Waals surface area contributed by atoms with Gasteiger partial charge in [-0.05, 0) is 25.0 Å². The lowest BCUT2D eigenvalue weighted by Gasteiger charge is -2.18. The predicted molar refractivity (Wildman–Crippen MR) is 74.0 cm³/mol. The van der Waals surface area contributed by atoms with Crippen LogP contribution in [0.4, 0.5) is 14.9 Å². The number of amides is 2. The summed E-state index contributed by atoms with van der Waals surface area (Å²) in [5.41, 5.74) is 1.01. The van der Waals surface area contributed by atoms with Crippen molar-refractivity contribution < 1.29 is 23.8 Å². The molecule has 0 aromatic heterocycles. The Kier molecular flexibility index (Phi) is 4.30. The number of aryl methyl sites for hydroxylation is 1. The molecule has 1 fully saturated rings. The Hall–Kier alpha value is -2.31. The minimum Gasteiger partial charge on any atom is -0.494 e. The maximum absolute atomic E-state index is 13.7. The standard InChI is InChI=1S/C14H17FN2O4/c1-8-5-12(21-2)10(15)6-11(8)16-14(20)17-4-3-9(7-17)13(18)19/h5-6,9H,3-4,7H2,1-2H3,(H,16,20)(H,18,19)/t9-/m0/s1. The molecule has 1 aromatic rings. The van der Waals surface area contributed by atoms with Crippen LogP contribution in [0.5, 0.6) is 5.75 Å². The van der Waals surface area contributed by atoms with E-state index in [1.165, 1.54) is 24.1 Å². The van der Waals surface area contributed by atoms with E-state index >= 15 is 0 Å². The number of carboxylic acids is 1. The molecule has 0 radical (unpaired) electrons. The molecule has 2 N–H and O–H groups in total. The van der Waals surface area contributed by atoms with Crippen molar-refractivity contribution in [2.45, 2.75) is 13.3 Å². The van der Waals surface area contributed by atoms with Gasteiger partial charge < -0.3 is 20.1 Å². The summed E-state index contributed by atoms with van der Waals surface area (Å²) >= 11 is 0. The molecule has 1 atom stereocenters. The summed E-state index contributed by atoms with van der Waals surface area (Å²) < 4.78 is 18.5. The van der Waals surface area contributed by atoms with E-state index in [4.69, 9.17) is 9.84 Å². The minimum absolute atomic E-state index is 0.109. The lowest BCUT2D eigenvalue weighted by atomic mass is 10.1. The van der Waals surface area contributed by atoms with Gasteiger partial charge in [0, 0.05) is 24.8 Å². The van der Waals surface area contributed by atoms with Crippen LogP contribution in [0.3, 0.4) is 0 Å². The molecule has 2 rings (SSSR count). The molecule has 1 aromatic carbocycles. The SMILES string of the molecule is COc1cc(C)c(NC(=O)N2CC[C@H](C(=O)O)C2)cc1F. The van der Waals surface area contributed by atoms with Gasteiger partial charge in [-0.25, -0.2) is 9.18 Å². The van der Waals surface area contributed by atoms with E-state index in [0.717, 1.165) is 0 Å². The quantitative estimate of drug-likeness (QED) is 0.895. The number of anilines is 1. The number of carbonyl (C=O) groups is 2. The molecule has 2 amide bonds. The Morgan fingerprint density at radius 1 is 1.48 bits per heavy atom. The molecule has 7 heteroatoms. The number of urea groups is 1. The van der Waals surface area contributed by atoms with Gasteiger partial charge in [0.15, 0.2) is 11.6 Å². The topological polar surface area (TPSA) is 78.9 Å². The van der Waals surface area contributed by atoms with E-state index < -0.39 is 23.7 Å². The maximum atomic E-state index is 13.7. The third kappa shape index (κ3) is 3.24.